The molecule has 0 atom stereocenters. The Kier molecular flexibility index (Phi) is 13.5. The molecule has 2 aromatic heterocycles. The van der Waals surface area contributed by atoms with E-state index in [1.54, 1.807) is 46.4 Å². The van der Waals surface area contributed by atoms with Crippen molar-refractivity contribution in [3.8, 4) is 23.6 Å². The van der Waals surface area contributed by atoms with Crippen LogP contribution in [0.4, 0.5) is 43.7 Å². The first-order valence-corrected chi connectivity index (χ1v) is 14.6. The lowest BCUT2D eigenvalue weighted by molar-refractivity contribution is 0.0826. The topological polar surface area (TPSA) is 215 Å². The van der Waals surface area contributed by atoms with Gasteiger partial charge in [0.2, 0.25) is 11.9 Å². The molecule has 0 aliphatic carbocycles. The Morgan fingerprint density at radius 1 is 0.820 bits per heavy atom. The van der Waals surface area contributed by atoms with Crippen molar-refractivity contribution in [3.05, 3.63) is 71.0 Å². The van der Waals surface area contributed by atoms with Crippen molar-refractivity contribution < 1.29 is 27.8 Å². The number of methoxy groups -OCH3 is 2. The summed E-state index contributed by atoms with van der Waals surface area (Å²) in [5.41, 5.74) is 2.39. The van der Waals surface area contributed by atoms with Gasteiger partial charge >= 0.3 is 0 Å². The molecule has 4 aromatic rings. The Hall–Kier alpha value is -6.82. The quantitative estimate of drug-likeness (QED) is 0.142. The lowest BCUT2D eigenvalue weighted by Crippen LogP contribution is -2.28. The fraction of sp³-hybridized carbons (Fsp3) is 0.250. The van der Waals surface area contributed by atoms with Crippen LogP contribution >= 0.6 is 0 Å². The van der Waals surface area contributed by atoms with Gasteiger partial charge in [0.15, 0.2) is 0 Å². The normalized spacial score (nSPS) is 9.98. The number of carbonyl (C=O) groups excluding carboxylic acids is 2. The number of ether oxygens (including phenoxy) is 2. The first kappa shape index (κ1) is 37.6. The zero-order chi connectivity index (χ0) is 36.8. The lowest BCUT2D eigenvalue weighted by Gasteiger charge is -2.14. The van der Waals surface area contributed by atoms with Crippen LogP contribution in [0.1, 0.15) is 31.8 Å². The van der Waals surface area contributed by atoms with Crippen LogP contribution in [0.2, 0.25) is 0 Å². The highest BCUT2D eigenvalue weighted by molar-refractivity contribution is 5.96. The largest absolute Gasteiger partial charge is 0.495 e. The van der Waals surface area contributed by atoms with Crippen molar-refractivity contribution in [2.45, 2.75) is 6.43 Å². The molecule has 0 saturated carbocycles. The lowest BCUT2D eigenvalue weighted by atomic mass is 10.1. The van der Waals surface area contributed by atoms with Crippen molar-refractivity contribution in [1.29, 1.82) is 10.5 Å². The number of halogens is 2. The highest BCUT2D eigenvalue weighted by Crippen LogP contribution is 2.30. The van der Waals surface area contributed by atoms with E-state index in [-0.39, 0.29) is 23.0 Å². The molecule has 0 bridgehead atoms. The Morgan fingerprint density at radius 2 is 1.28 bits per heavy atom. The third-order valence-corrected chi connectivity index (χ3v) is 6.52. The minimum atomic E-state index is -2.63. The van der Waals surface area contributed by atoms with Gasteiger partial charge in [-0.05, 0) is 36.4 Å². The number of aromatic nitrogens is 4. The summed E-state index contributed by atoms with van der Waals surface area (Å²) in [5.74, 6) is 1.33. The third kappa shape index (κ3) is 9.84. The van der Waals surface area contributed by atoms with E-state index in [2.05, 4.69) is 46.5 Å². The molecule has 4 rings (SSSR count). The number of carbonyl (C=O) groups is 2. The van der Waals surface area contributed by atoms with Crippen molar-refractivity contribution in [1.82, 2.24) is 30.2 Å². The van der Waals surface area contributed by atoms with Crippen LogP contribution in [0.15, 0.2) is 48.8 Å². The van der Waals surface area contributed by atoms with Gasteiger partial charge in [0.25, 0.3) is 18.2 Å². The molecule has 0 aliphatic heterocycles. The predicted octanol–water partition coefficient (Wildman–Crippen LogP) is 3.98. The van der Waals surface area contributed by atoms with Crippen molar-refractivity contribution in [2.24, 2.45) is 0 Å². The summed E-state index contributed by atoms with van der Waals surface area (Å²) >= 11 is 0. The molecule has 5 N–H and O–H groups in total. The summed E-state index contributed by atoms with van der Waals surface area (Å²) in [7, 11) is 9.59. The minimum absolute atomic E-state index is 0.119. The molecule has 0 fully saturated rings. The fourth-order valence-corrected chi connectivity index (χ4v) is 4.06. The average molecular weight is 689 g/mol. The Balaban J connectivity index is 0.000000271. The summed E-state index contributed by atoms with van der Waals surface area (Å²) < 4.78 is 34.9. The van der Waals surface area contributed by atoms with Crippen LogP contribution in [0.25, 0.3) is 0 Å². The fourth-order valence-electron chi connectivity index (χ4n) is 4.06. The second kappa shape index (κ2) is 17.9. The van der Waals surface area contributed by atoms with E-state index in [0.29, 0.717) is 51.6 Å². The summed E-state index contributed by atoms with van der Waals surface area (Å²) in [5, 5.41) is 31.7. The van der Waals surface area contributed by atoms with Gasteiger partial charge in [-0.2, -0.15) is 20.5 Å². The molecule has 0 aliphatic rings. The number of nitrogens with zero attached hydrogens (tertiary/aromatic N) is 7. The maximum absolute atomic E-state index is 12.2. The molecule has 2 amide bonds. The molecular weight excluding hydrogens is 654 g/mol. The molecule has 0 spiro atoms. The van der Waals surface area contributed by atoms with E-state index in [4.69, 9.17) is 20.0 Å². The zero-order valence-corrected chi connectivity index (χ0v) is 27.9. The maximum Gasteiger partial charge on any atom is 0.255 e. The average Bonchev–Trinajstić information content (AvgIpc) is 3.13. The van der Waals surface area contributed by atoms with Crippen molar-refractivity contribution in [3.63, 3.8) is 0 Å². The Morgan fingerprint density at radius 3 is 1.68 bits per heavy atom. The molecular formula is C32H34F2N12O4. The van der Waals surface area contributed by atoms with Crippen molar-refractivity contribution in [2.75, 3.05) is 70.2 Å². The van der Waals surface area contributed by atoms with Crippen LogP contribution in [0.3, 0.4) is 0 Å². The van der Waals surface area contributed by atoms with E-state index >= 15 is 0 Å². The molecule has 18 heteroatoms. The molecule has 0 saturated heterocycles. The first-order chi connectivity index (χ1) is 24.0. The molecule has 50 heavy (non-hydrogen) atoms. The molecule has 16 nitrogen and oxygen atoms in total. The Bertz CT molecular complexity index is 1910. The zero-order valence-electron chi connectivity index (χ0n) is 27.9. The van der Waals surface area contributed by atoms with Gasteiger partial charge in [0.1, 0.15) is 46.4 Å². The van der Waals surface area contributed by atoms with Crippen LogP contribution < -0.4 is 36.1 Å². The van der Waals surface area contributed by atoms with E-state index in [1.165, 1.54) is 49.7 Å². The number of alkyl halides is 2. The number of benzene rings is 2. The Labute approximate surface area is 286 Å². The number of rotatable bonds is 12. The van der Waals surface area contributed by atoms with Crippen LogP contribution in [-0.4, -0.2) is 92.0 Å². The molecule has 2 heterocycles. The van der Waals surface area contributed by atoms with Gasteiger partial charge in [0, 0.05) is 39.3 Å². The van der Waals surface area contributed by atoms with Crippen LogP contribution in [0.5, 0.6) is 11.5 Å². The minimum Gasteiger partial charge on any atom is -0.495 e. The van der Waals surface area contributed by atoms with Gasteiger partial charge in [-0.3, -0.25) is 9.59 Å². The number of hydrogen-bond acceptors (Lipinski definition) is 14. The summed E-state index contributed by atoms with van der Waals surface area (Å²) in [6.45, 7) is -0.729. The molecule has 260 valence electrons. The van der Waals surface area contributed by atoms with E-state index in [0.717, 1.165) is 0 Å². The molecule has 0 unspecified atom stereocenters. The van der Waals surface area contributed by atoms with Crippen LogP contribution in [-0.2, 0) is 0 Å². The highest BCUT2D eigenvalue weighted by Gasteiger charge is 2.15. The van der Waals surface area contributed by atoms with Gasteiger partial charge in [-0.15, -0.1) is 0 Å². The highest BCUT2D eigenvalue weighted by atomic mass is 19.3. The van der Waals surface area contributed by atoms with E-state index < -0.39 is 18.9 Å². The molecule has 0 radical (unpaired) electrons. The summed E-state index contributed by atoms with van der Waals surface area (Å²) in [6.07, 6.45) is 0.161. The van der Waals surface area contributed by atoms with E-state index in [9.17, 15) is 18.4 Å². The number of anilines is 6. The third-order valence-electron chi connectivity index (χ3n) is 6.52. The van der Waals surface area contributed by atoms with Gasteiger partial charge < -0.3 is 41.0 Å². The van der Waals surface area contributed by atoms with E-state index in [1.807, 2.05) is 12.1 Å². The number of nitrogens with one attached hydrogen (secondary N) is 5. The van der Waals surface area contributed by atoms with Crippen LogP contribution in [0, 0.1) is 22.7 Å². The standard InChI is InChI=1S/C16H16F2N6O2.C16H18N6O2/c1-20-14-10(6-19)7-22-16(24-14)23-11-4-3-9(5-12(11)26-2)15(25)21-8-13(17)18;1-18-14-11(8-17)9-19-16(21-14)20-12-6-5-10(7-13(12)24-4)15(23)22(2)3/h3-5,7,13H,8H2,1-2H3,(H,21,25)(H2,20,22,23,24);5-7,9H,1-4H3,(H2,18,19,20,21). The van der Waals surface area contributed by atoms with Gasteiger partial charge in [-0.25, -0.2) is 18.7 Å². The number of nitriles is 2. The smallest absolute Gasteiger partial charge is 0.255 e. The number of hydrogen-bond donors (Lipinski definition) is 5. The van der Waals surface area contributed by atoms with Crippen molar-refractivity contribution >= 4 is 46.7 Å². The SMILES string of the molecule is CNc1nc(Nc2ccc(C(=O)N(C)C)cc2OC)ncc1C#N.CNc1nc(Nc2ccc(C(=O)NCC(F)F)cc2OC)ncc1C#N. The maximum atomic E-state index is 12.2. The van der Waals surface area contributed by atoms with Gasteiger partial charge in [0.05, 0.1) is 44.5 Å². The monoisotopic (exact) mass is 688 g/mol. The second-order valence-corrected chi connectivity index (χ2v) is 10.0. The second-order valence-electron chi connectivity index (χ2n) is 10.0. The first-order valence-electron chi connectivity index (χ1n) is 14.6. The predicted molar refractivity (Wildman–Crippen MR) is 181 cm³/mol. The molecule has 2 aromatic carbocycles. The summed E-state index contributed by atoms with van der Waals surface area (Å²) in [6, 6.07) is 13.4. The van der Waals surface area contributed by atoms with Gasteiger partial charge in [-0.1, -0.05) is 0 Å². The summed E-state index contributed by atoms with van der Waals surface area (Å²) in [4.78, 5) is 41.9. The number of amides is 2.